The number of anilines is 1. The number of benzene rings is 1. The summed E-state index contributed by atoms with van der Waals surface area (Å²) in [6.07, 6.45) is 2.09. The quantitative estimate of drug-likeness (QED) is 0.670. The fourth-order valence-electron chi connectivity index (χ4n) is 1.31. The van der Waals surface area contributed by atoms with Crippen LogP contribution in [0.5, 0.6) is 0 Å². The van der Waals surface area contributed by atoms with Gasteiger partial charge in [0.25, 0.3) is 0 Å². The molecule has 0 bridgehead atoms. The summed E-state index contributed by atoms with van der Waals surface area (Å²) in [4.78, 5) is 11.5. The first-order chi connectivity index (χ1) is 8.17. The second-order valence-corrected chi connectivity index (χ2v) is 4.29. The Morgan fingerprint density at radius 1 is 1.47 bits per heavy atom. The third-order valence-corrected chi connectivity index (χ3v) is 2.72. The Balaban J connectivity index is 2.62. The molecule has 0 atom stereocenters. The van der Waals surface area contributed by atoms with Crippen LogP contribution in [0.1, 0.15) is 24.8 Å². The Bertz CT molecular complexity index is 443. The lowest BCUT2D eigenvalue weighted by Gasteiger charge is -2.06. The van der Waals surface area contributed by atoms with E-state index in [2.05, 4.69) is 21.2 Å². The number of rotatable bonds is 5. The van der Waals surface area contributed by atoms with Gasteiger partial charge in [0.15, 0.2) is 0 Å². The first-order valence-corrected chi connectivity index (χ1v) is 6.35. The molecule has 0 saturated carbocycles. The Kier molecular flexibility index (Phi) is 5.64. The van der Waals surface area contributed by atoms with Gasteiger partial charge in [-0.3, -0.25) is 4.79 Å². The van der Waals surface area contributed by atoms with E-state index in [0.29, 0.717) is 12.1 Å². The number of hydrogen-bond acceptors (Lipinski definition) is 2. The highest BCUT2D eigenvalue weighted by atomic mass is 79.9. The summed E-state index contributed by atoms with van der Waals surface area (Å²) in [7, 11) is 0. The third kappa shape index (κ3) is 4.53. The van der Waals surface area contributed by atoms with E-state index in [1.165, 1.54) is 12.1 Å². The van der Waals surface area contributed by atoms with Crippen LogP contribution in [-0.4, -0.2) is 11.2 Å². The van der Waals surface area contributed by atoms with Gasteiger partial charge >= 0.3 is 0 Å². The zero-order valence-electron chi connectivity index (χ0n) is 9.17. The molecule has 5 heteroatoms. The summed E-state index contributed by atoms with van der Waals surface area (Å²) in [6.45, 7) is 0. The molecule has 1 rings (SSSR count). The average molecular weight is 299 g/mol. The number of halogens is 2. The molecule has 0 aliphatic carbocycles. The minimum absolute atomic E-state index is 0.138. The summed E-state index contributed by atoms with van der Waals surface area (Å²) in [6, 6.07) is 5.57. The molecule has 1 aromatic carbocycles. The number of alkyl halides is 1. The van der Waals surface area contributed by atoms with Gasteiger partial charge in [-0.05, 0) is 31.0 Å². The van der Waals surface area contributed by atoms with E-state index >= 15 is 0 Å². The molecule has 0 heterocycles. The molecule has 1 N–H and O–H groups in total. The molecular weight excluding hydrogens is 287 g/mol. The van der Waals surface area contributed by atoms with Crippen molar-refractivity contribution in [3.05, 3.63) is 29.6 Å². The smallest absolute Gasteiger partial charge is 0.224 e. The van der Waals surface area contributed by atoms with Crippen LogP contribution in [0.25, 0.3) is 0 Å². The summed E-state index contributed by atoms with van der Waals surface area (Å²) in [5.74, 6) is -0.645. The highest BCUT2D eigenvalue weighted by Crippen LogP contribution is 2.16. The first-order valence-electron chi connectivity index (χ1n) is 5.23. The molecule has 0 fully saturated rings. The van der Waals surface area contributed by atoms with Crippen LogP contribution in [0.2, 0.25) is 0 Å². The molecule has 0 aliphatic heterocycles. The van der Waals surface area contributed by atoms with Gasteiger partial charge in [0, 0.05) is 11.8 Å². The van der Waals surface area contributed by atoms with E-state index in [9.17, 15) is 9.18 Å². The predicted molar refractivity (Wildman–Crippen MR) is 67.4 cm³/mol. The van der Waals surface area contributed by atoms with Crippen LogP contribution in [-0.2, 0) is 4.79 Å². The Hall–Kier alpha value is -1.41. The SMILES string of the molecule is N#Cc1cc(F)ccc1NC(=O)CCCCBr. The van der Waals surface area contributed by atoms with Crippen LogP contribution in [0, 0.1) is 17.1 Å². The van der Waals surface area contributed by atoms with E-state index in [-0.39, 0.29) is 11.5 Å². The fraction of sp³-hybridized carbons (Fsp3) is 0.333. The molecule has 0 unspecified atom stereocenters. The molecular formula is C12H12BrFN2O. The van der Waals surface area contributed by atoms with Crippen LogP contribution >= 0.6 is 15.9 Å². The normalized spacial score (nSPS) is 9.71. The Labute approximate surface area is 108 Å². The lowest BCUT2D eigenvalue weighted by atomic mass is 10.1. The van der Waals surface area contributed by atoms with Crippen molar-refractivity contribution in [2.45, 2.75) is 19.3 Å². The van der Waals surface area contributed by atoms with E-state index in [4.69, 9.17) is 5.26 Å². The molecule has 0 saturated heterocycles. The molecule has 3 nitrogen and oxygen atoms in total. The molecule has 0 aromatic heterocycles. The minimum atomic E-state index is -0.487. The van der Waals surface area contributed by atoms with Crippen LogP contribution in [0.4, 0.5) is 10.1 Å². The number of carbonyl (C=O) groups is 1. The van der Waals surface area contributed by atoms with Gasteiger partial charge in [-0.1, -0.05) is 15.9 Å². The highest BCUT2D eigenvalue weighted by Gasteiger charge is 2.07. The largest absolute Gasteiger partial charge is 0.325 e. The van der Waals surface area contributed by atoms with Crippen molar-refractivity contribution in [3.63, 3.8) is 0 Å². The van der Waals surface area contributed by atoms with Crippen molar-refractivity contribution >= 4 is 27.5 Å². The maximum absolute atomic E-state index is 12.9. The van der Waals surface area contributed by atoms with E-state index in [1.54, 1.807) is 0 Å². The lowest BCUT2D eigenvalue weighted by Crippen LogP contribution is -2.12. The monoisotopic (exact) mass is 298 g/mol. The predicted octanol–water partition coefficient (Wildman–Crippen LogP) is 3.20. The summed E-state index contributed by atoms with van der Waals surface area (Å²) < 4.78 is 12.9. The minimum Gasteiger partial charge on any atom is -0.325 e. The number of nitrogens with one attached hydrogen (secondary N) is 1. The fourth-order valence-corrected chi connectivity index (χ4v) is 1.71. The van der Waals surface area contributed by atoms with Gasteiger partial charge in [0.2, 0.25) is 5.91 Å². The van der Waals surface area contributed by atoms with Crippen LogP contribution in [0.15, 0.2) is 18.2 Å². The maximum Gasteiger partial charge on any atom is 0.224 e. The van der Waals surface area contributed by atoms with Gasteiger partial charge in [-0.15, -0.1) is 0 Å². The van der Waals surface area contributed by atoms with Crippen LogP contribution < -0.4 is 5.32 Å². The van der Waals surface area contributed by atoms with Crippen molar-refractivity contribution < 1.29 is 9.18 Å². The topological polar surface area (TPSA) is 52.9 Å². The number of nitrogens with zero attached hydrogens (tertiary/aromatic N) is 1. The van der Waals surface area contributed by atoms with Crippen molar-refractivity contribution in [3.8, 4) is 6.07 Å². The van der Waals surface area contributed by atoms with Crippen LogP contribution in [0.3, 0.4) is 0 Å². The molecule has 1 amide bonds. The average Bonchev–Trinajstić information content (AvgIpc) is 2.32. The second kappa shape index (κ2) is 7.02. The Morgan fingerprint density at radius 2 is 2.24 bits per heavy atom. The van der Waals surface area contributed by atoms with Gasteiger partial charge < -0.3 is 5.32 Å². The van der Waals surface area contributed by atoms with Gasteiger partial charge in [-0.2, -0.15) is 5.26 Å². The molecule has 1 aromatic rings. The Morgan fingerprint density at radius 3 is 2.88 bits per heavy atom. The van der Waals surface area contributed by atoms with Crippen molar-refractivity contribution in [2.24, 2.45) is 0 Å². The molecule has 0 radical (unpaired) electrons. The zero-order chi connectivity index (χ0) is 12.7. The highest BCUT2D eigenvalue weighted by molar-refractivity contribution is 9.09. The number of unbranched alkanes of at least 4 members (excludes halogenated alkanes) is 1. The number of amides is 1. The summed E-state index contributed by atoms with van der Waals surface area (Å²) in [5.41, 5.74) is 0.497. The first kappa shape index (κ1) is 13.7. The lowest BCUT2D eigenvalue weighted by molar-refractivity contribution is -0.116. The van der Waals surface area contributed by atoms with Gasteiger partial charge in [0.05, 0.1) is 11.3 Å². The maximum atomic E-state index is 12.9. The van der Waals surface area contributed by atoms with E-state index < -0.39 is 5.82 Å². The van der Waals surface area contributed by atoms with Crippen molar-refractivity contribution in [2.75, 3.05) is 10.6 Å². The molecule has 17 heavy (non-hydrogen) atoms. The molecule has 90 valence electrons. The van der Waals surface area contributed by atoms with Gasteiger partial charge in [0.1, 0.15) is 11.9 Å². The van der Waals surface area contributed by atoms with E-state index in [1.807, 2.05) is 6.07 Å². The second-order valence-electron chi connectivity index (χ2n) is 3.50. The van der Waals surface area contributed by atoms with Gasteiger partial charge in [-0.25, -0.2) is 4.39 Å². The molecule has 0 aliphatic rings. The third-order valence-electron chi connectivity index (χ3n) is 2.16. The van der Waals surface area contributed by atoms with Crippen molar-refractivity contribution in [1.29, 1.82) is 5.26 Å². The number of nitriles is 1. The number of hydrogen-bond donors (Lipinski definition) is 1. The summed E-state index contributed by atoms with van der Waals surface area (Å²) in [5, 5.41) is 12.3. The van der Waals surface area contributed by atoms with E-state index in [0.717, 1.165) is 24.2 Å². The number of carbonyl (C=O) groups excluding carboxylic acids is 1. The summed E-state index contributed by atoms with van der Waals surface area (Å²) >= 11 is 3.28. The molecule has 0 spiro atoms. The zero-order valence-corrected chi connectivity index (χ0v) is 10.8. The standard InChI is InChI=1S/C12H12BrFN2O/c13-6-2-1-3-12(17)16-11-5-4-10(14)7-9(11)8-15/h4-5,7H,1-3,6H2,(H,16,17). The van der Waals surface area contributed by atoms with Crippen molar-refractivity contribution in [1.82, 2.24) is 0 Å².